The predicted octanol–water partition coefficient (Wildman–Crippen LogP) is 2.92. The Morgan fingerprint density at radius 1 is 1.12 bits per heavy atom. The zero-order valence-electron chi connectivity index (χ0n) is 10.7. The van der Waals surface area contributed by atoms with Crippen LogP contribution in [-0.2, 0) is 0 Å². The Hall–Kier alpha value is -1.35. The molecular formula is C14H24N2O. The van der Waals surface area contributed by atoms with E-state index < -0.39 is 0 Å². The van der Waals surface area contributed by atoms with Gasteiger partial charge in [0, 0.05) is 12.2 Å². The van der Waals surface area contributed by atoms with Crippen molar-refractivity contribution in [1.82, 2.24) is 0 Å². The number of unbranched alkanes of at least 4 members (excludes halogenated alkanes) is 4. The molecule has 0 saturated heterocycles. The lowest BCUT2D eigenvalue weighted by Gasteiger charge is -1.93. The highest BCUT2D eigenvalue weighted by Crippen LogP contribution is 2.00. The van der Waals surface area contributed by atoms with Crippen LogP contribution in [0, 0.1) is 5.41 Å². The van der Waals surface area contributed by atoms with Crippen molar-refractivity contribution in [3.8, 4) is 0 Å². The molecule has 0 atom stereocenters. The summed E-state index contributed by atoms with van der Waals surface area (Å²) in [6, 6.07) is 9.23. The second-order valence-electron chi connectivity index (χ2n) is 3.92. The number of nitrogen functional groups attached to an aromatic ring is 1. The second-order valence-corrected chi connectivity index (χ2v) is 3.92. The van der Waals surface area contributed by atoms with Gasteiger partial charge in [-0.2, -0.15) is 0 Å². The van der Waals surface area contributed by atoms with Crippen LogP contribution in [0.15, 0.2) is 30.3 Å². The van der Waals surface area contributed by atoms with Crippen LogP contribution in [-0.4, -0.2) is 17.5 Å². The number of nitrogens with two attached hydrogens (primary N) is 1. The van der Waals surface area contributed by atoms with Crippen LogP contribution in [0.5, 0.6) is 0 Å². The van der Waals surface area contributed by atoms with E-state index in [1.54, 1.807) is 0 Å². The summed E-state index contributed by atoms with van der Waals surface area (Å²) >= 11 is 0. The minimum absolute atomic E-state index is 0.121. The van der Waals surface area contributed by atoms with Gasteiger partial charge in [-0.05, 0) is 6.42 Å². The van der Waals surface area contributed by atoms with Gasteiger partial charge >= 0.3 is 0 Å². The fourth-order valence-electron chi connectivity index (χ4n) is 1.33. The quantitative estimate of drug-likeness (QED) is 0.404. The van der Waals surface area contributed by atoms with E-state index in [4.69, 9.17) is 16.2 Å². The van der Waals surface area contributed by atoms with E-state index in [9.17, 15) is 0 Å². The molecule has 0 aliphatic rings. The monoisotopic (exact) mass is 236 g/mol. The Morgan fingerprint density at radius 3 is 2.12 bits per heavy atom. The fraction of sp³-hybridized carbons (Fsp3) is 0.500. The van der Waals surface area contributed by atoms with Crippen molar-refractivity contribution in [2.24, 2.45) is 5.73 Å². The lowest BCUT2D eigenvalue weighted by molar-refractivity contribution is 0.282. The summed E-state index contributed by atoms with van der Waals surface area (Å²) in [6.07, 6.45) is 6.08. The number of nitrogens with one attached hydrogen (secondary N) is 1. The zero-order valence-corrected chi connectivity index (χ0v) is 10.7. The first kappa shape index (κ1) is 15.7. The Balaban J connectivity index is 0.000000304. The van der Waals surface area contributed by atoms with Gasteiger partial charge in [-0.15, -0.1) is 0 Å². The molecule has 3 heteroatoms. The third-order valence-corrected chi connectivity index (χ3v) is 2.35. The molecule has 0 spiro atoms. The molecule has 1 aromatic carbocycles. The van der Waals surface area contributed by atoms with Crippen LogP contribution in [0.4, 0.5) is 0 Å². The summed E-state index contributed by atoms with van der Waals surface area (Å²) in [5.74, 6) is 0.121. The molecule has 4 N–H and O–H groups in total. The maximum Gasteiger partial charge on any atom is 0.122 e. The summed E-state index contributed by atoms with van der Waals surface area (Å²) in [7, 11) is 0. The maximum atomic E-state index is 8.37. The fourth-order valence-corrected chi connectivity index (χ4v) is 1.33. The van der Waals surface area contributed by atoms with Crippen molar-refractivity contribution in [3.05, 3.63) is 35.9 Å². The van der Waals surface area contributed by atoms with Crippen molar-refractivity contribution >= 4 is 5.84 Å². The Bertz CT molecular complexity index is 280. The van der Waals surface area contributed by atoms with Gasteiger partial charge in [-0.1, -0.05) is 62.9 Å². The molecule has 0 aliphatic carbocycles. The number of hydrogen-bond donors (Lipinski definition) is 3. The highest BCUT2D eigenvalue weighted by molar-refractivity contribution is 5.94. The van der Waals surface area contributed by atoms with Crippen molar-refractivity contribution in [2.45, 2.75) is 39.0 Å². The van der Waals surface area contributed by atoms with Crippen LogP contribution in [0.3, 0.4) is 0 Å². The number of amidine groups is 1. The van der Waals surface area contributed by atoms with Crippen LogP contribution in [0.2, 0.25) is 0 Å². The summed E-state index contributed by atoms with van der Waals surface area (Å²) in [4.78, 5) is 0. The number of rotatable bonds is 6. The van der Waals surface area contributed by atoms with E-state index in [0.717, 1.165) is 12.0 Å². The molecule has 0 unspecified atom stereocenters. The van der Waals surface area contributed by atoms with Gasteiger partial charge in [0.05, 0.1) is 0 Å². The van der Waals surface area contributed by atoms with Crippen LogP contribution in [0.1, 0.15) is 44.6 Å². The van der Waals surface area contributed by atoms with E-state index in [1.807, 2.05) is 30.3 Å². The third-order valence-electron chi connectivity index (χ3n) is 2.35. The van der Waals surface area contributed by atoms with Crippen LogP contribution >= 0.6 is 0 Å². The van der Waals surface area contributed by atoms with E-state index in [1.165, 1.54) is 25.7 Å². The maximum absolute atomic E-state index is 8.37. The van der Waals surface area contributed by atoms with Crippen molar-refractivity contribution in [2.75, 3.05) is 6.61 Å². The Labute approximate surface area is 104 Å². The first-order valence-corrected chi connectivity index (χ1v) is 6.22. The third kappa shape index (κ3) is 9.57. The molecule has 0 aromatic heterocycles. The van der Waals surface area contributed by atoms with Gasteiger partial charge in [0.25, 0.3) is 0 Å². The average Bonchev–Trinajstić information content (AvgIpc) is 2.37. The number of aliphatic hydroxyl groups excluding tert-OH is 1. The molecule has 0 fully saturated rings. The average molecular weight is 236 g/mol. The van der Waals surface area contributed by atoms with Crippen molar-refractivity contribution < 1.29 is 5.11 Å². The Kier molecular flexibility index (Phi) is 10.3. The lowest BCUT2D eigenvalue weighted by atomic mass is 10.2. The van der Waals surface area contributed by atoms with Crippen LogP contribution in [0.25, 0.3) is 0 Å². The molecule has 0 aliphatic heterocycles. The highest BCUT2D eigenvalue weighted by atomic mass is 16.2. The molecule has 0 bridgehead atoms. The van der Waals surface area contributed by atoms with Gasteiger partial charge in [0.15, 0.2) is 0 Å². The number of hydrogen-bond acceptors (Lipinski definition) is 2. The first-order valence-electron chi connectivity index (χ1n) is 6.22. The Morgan fingerprint density at radius 2 is 1.71 bits per heavy atom. The molecule has 0 heterocycles. The molecule has 1 aromatic rings. The van der Waals surface area contributed by atoms with Gasteiger partial charge in [0.1, 0.15) is 5.84 Å². The smallest absolute Gasteiger partial charge is 0.122 e. The first-order chi connectivity index (χ1) is 8.22. The molecule has 96 valence electrons. The second kappa shape index (κ2) is 11.1. The number of aliphatic hydroxyl groups is 1. The minimum Gasteiger partial charge on any atom is -0.396 e. The summed E-state index contributed by atoms with van der Waals surface area (Å²) in [6.45, 7) is 2.56. The molecule has 3 nitrogen and oxygen atoms in total. The molecule has 0 amide bonds. The van der Waals surface area contributed by atoms with E-state index in [2.05, 4.69) is 6.92 Å². The lowest BCUT2D eigenvalue weighted by Crippen LogP contribution is -2.10. The van der Waals surface area contributed by atoms with E-state index in [-0.39, 0.29) is 5.84 Å². The molecule has 1 rings (SSSR count). The van der Waals surface area contributed by atoms with E-state index >= 15 is 0 Å². The topological polar surface area (TPSA) is 70.1 Å². The largest absolute Gasteiger partial charge is 0.396 e. The van der Waals surface area contributed by atoms with Gasteiger partial charge < -0.3 is 10.8 Å². The SMILES string of the molecule is CCCCCCCO.N=C(N)c1ccccc1. The summed E-state index contributed by atoms with van der Waals surface area (Å²) < 4.78 is 0. The van der Waals surface area contributed by atoms with Gasteiger partial charge in [-0.3, -0.25) is 5.41 Å². The summed E-state index contributed by atoms with van der Waals surface area (Å²) in [5, 5.41) is 15.4. The predicted molar refractivity (Wildman–Crippen MR) is 73.3 cm³/mol. The summed E-state index contributed by atoms with van der Waals surface area (Å²) in [5.41, 5.74) is 5.97. The minimum atomic E-state index is 0.121. The van der Waals surface area contributed by atoms with Crippen LogP contribution < -0.4 is 5.73 Å². The molecule has 17 heavy (non-hydrogen) atoms. The molecule has 0 radical (unpaired) electrons. The number of benzene rings is 1. The zero-order chi connectivity index (χ0) is 12.9. The molecule has 0 saturated carbocycles. The van der Waals surface area contributed by atoms with Gasteiger partial charge in [-0.25, -0.2) is 0 Å². The van der Waals surface area contributed by atoms with Gasteiger partial charge in [0.2, 0.25) is 0 Å². The normalized spacial score (nSPS) is 9.29. The highest BCUT2D eigenvalue weighted by Gasteiger charge is 1.89. The van der Waals surface area contributed by atoms with E-state index in [0.29, 0.717) is 6.61 Å². The standard InChI is InChI=1S/C7H8N2.C7H16O/c8-7(9)6-4-2-1-3-5-6;1-2-3-4-5-6-7-8/h1-5H,(H3,8,9);8H,2-7H2,1H3. The van der Waals surface area contributed by atoms with Crippen molar-refractivity contribution in [1.29, 1.82) is 5.41 Å². The molecular weight excluding hydrogens is 212 g/mol. The van der Waals surface area contributed by atoms with Crippen molar-refractivity contribution in [3.63, 3.8) is 0 Å².